The Morgan fingerprint density at radius 1 is 1.23 bits per heavy atom. The molecule has 1 aromatic carbocycles. The highest BCUT2D eigenvalue weighted by atomic mass is 35.5. The number of benzene rings is 1. The van der Waals surface area contributed by atoms with Crippen LogP contribution in [0.3, 0.4) is 0 Å². The van der Waals surface area contributed by atoms with Gasteiger partial charge in [0.1, 0.15) is 12.1 Å². The van der Waals surface area contributed by atoms with Crippen molar-refractivity contribution in [3.8, 4) is 0 Å². The molecule has 1 aliphatic heterocycles. The average molecular weight is 320 g/mol. The number of quaternary nitrogens is 1. The Bertz CT molecular complexity index is 681. The van der Waals surface area contributed by atoms with Crippen LogP contribution < -0.4 is 15.2 Å². The van der Waals surface area contributed by atoms with E-state index in [0.29, 0.717) is 0 Å². The number of aromatic nitrogens is 1. The zero-order chi connectivity index (χ0) is 14.9. The molecule has 2 heterocycles. The summed E-state index contributed by atoms with van der Waals surface area (Å²) >= 11 is 6.60. The largest absolute Gasteiger partial charge is 0.378 e. The number of aromatic amines is 1. The molecule has 4 rings (SSSR count). The molecular formula is C17H22ClN3O+2. The Balaban J connectivity index is 1.80. The van der Waals surface area contributed by atoms with Gasteiger partial charge in [-0.1, -0.05) is 12.1 Å². The molecule has 1 saturated heterocycles. The first-order chi connectivity index (χ1) is 10.8. The van der Waals surface area contributed by atoms with Crippen molar-refractivity contribution in [2.24, 2.45) is 0 Å². The molecule has 0 radical (unpaired) electrons. The number of nitrogens with zero attached hydrogens (tertiary/aromatic N) is 1. The third-order valence-electron chi connectivity index (χ3n) is 4.58. The van der Waals surface area contributed by atoms with Gasteiger partial charge >= 0.3 is 0 Å². The summed E-state index contributed by atoms with van der Waals surface area (Å²) in [5, 5.41) is 4.46. The van der Waals surface area contributed by atoms with Crippen LogP contribution in [0.4, 0.5) is 5.69 Å². The minimum atomic E-state index is 0.775. The maximum atomic E-state index is 6.60. The lowest BCUT2D eigenvalue weighted by atomic mass is 10.1. The maximum absolute atomic E-state index is 6.60. The maximum Gasteiger partial charge on any atom is 0.284 e. The monoisotopic (exact) mass is 319 g/mol. The second-order valence-electron chi connectivity index (χ2n) is 6.19. The van der Waals surface area contributed by atoms with Crippen molar-refractivity contribution in [3.63, 3.8) is 0 Å². The van der Waals surface area contributed by atoms with E-state index in [1.807, 2.05) is 6.07 Å². The van der Waals surface area contributed by atoms with Crippen LogP contribution in [-0.2, 0) is 11.3 Å². The number of pyridine rings is 1. The zero-order valence-corrected chi connectivity index (χ0v) is 13.4. The molecule has 3 N–H and O–H groups in total. The second-order valence-corrected chi connectivity index (χ2v) is 6.57. The summed E-state index contributed by atoms with van der Waals surface area (Å²) in [6.07, 6.45) is 2.67. The molecule has 0 bridgehead atoms. The van der Waals surface area contributed by atoms with Gasteiger partial charge in [0.2, 0.25) is 5.52 Å². The number of fused-ring (bicyclic) bond motifs is 1. The number of morpholine rings is 1. The molecule has 0 amide bonds. The smallest absolute Gasteiger partial charge is 0.284 e. The first kappa shape index (κ1) is 14.2. The summed E-state index contributed by atoms with van der Waals surface area (Å²) in [5.41, 5.74) is 3.62. The normalized spacial score (nSPS) is 18.9. The van der Waals surface area contributed by atoms with Crippen LogP contribution in [0, 0.1) is 0 Å². The number of ether oxygens (including phenoxy) is 1. The molecule has 4 nitrogen and oxygen atoms in total. The Kier molecular flexibility index (Phi) is 3.90. The topological polar surface area (TPSA) is 43.2 Å². The van der Waals surface area contributed by atoms with Crippen LogP contribution in [0.25, 0.3) is 10.9 Å². The van der Waals surface area contributed by atoms with Gasteiger partial charge in [0.25, 0.3) is 5.15 Å². The third-order valence-corrected chi connectivity index (χ3v) is 4.90. The Labute approximate surface area is 135 Å². The van der Waals surface area contributed by atoms with Crippen LogP contribution in [-0.4, -0.2) is 32.3 Å². The van der Waals surface area contributed by atoms with Crippen LogP contribution in [0.15, 0.2) is 24.3 Å². The third kappa shape index (κ3) is 2.78. The lowest BCUT2D eigenvalue weighted by Crippen LogP contribution is -2.84. The fraction of sp³-hybridized carbons (Fsp3) is 0.471. The predicted octanol–water partition coefficient (Wildman–Crippen LogP) is 1.37. The van der Waals surface area contributed by atoms with Crippen molar-refractivity contribution >= 4 is 28.2 Å². The van der Waals surface area contributed by atoms with E-state index >= 15 is 0 Å². The second kappa shape index (κ2) is 6.03. The minimum absolute atomic E-state index is 0.775. The van der Waals surface area contributed by atoms with E-state index in [9.17, 15) is 0 Å². The van der Waals surface area contributed by atoms with Crippen LogP contribution in [0.2, 0.25) is 5.15 Å². The highest BCUT2D eigenvalue weighted by Gasteiger charge is 2.29. The number of anilines is 1. The highest BCUT2D eigenvalue weighted by Crippen LogP contribution is 2.32. The number of nitrogens with two attached hydrogens (primary N) is 1. The number of para-hydroxylation sites is 1. The molecule has 116 valence electrons. The van der Waals surface area contributed by atoms with Gasteiger partial charge in [-0.15, -0.1) is 0 Å². The van der Waals surface area contributed by atoms with Gasteiger partial charge in [-0.3, -0.25) is 0 Å². The Morgan fingerprint density at radius 2 is 2.00 bits per heavy atom. The average Bonchev–Trinajstić information content (AvgIpc) is 3.37. The van der Waals surface area contributed by atoms with Crippen molar-refractivity contribution in [3.05, 3.63) is 35.0 Å². The molecule has 2 fully saturated rings. The summed E-state index contributed by atoms with van der Waals surface area (Å²) in [7, 11) is 0. The zero-order valence-electron chi connectivity index (χ0n) is 12.6. The van der Waals surface area contributed by atoms with Gasteiger partial charge in [0.15, 0.2) is 0 Å². The van der Waals surface area contributed by atoms with Gasteiger partial charge in [-0.2, -0.15) is 4.98 Å². The van der Waals surface area contributed by atoms with E-state index in [2.05, 4.69) is 33.4 Å². The lowest BCUT2D eigenvalue weighted by Gasteiger charge is -2.30. The lowest BCUT2D eigenvalue weighted by molar-refractivity contribution is -0.684. The van der Waals surface area contributed by atoms with Crippen molar-refractivity contribution in [2.45, 2.75) is 25.4 Å². The van der Waals surface area contributed by atoms with Gasteiger partial charge in [-0.05, 0) is 17.7 Å². The summed E-state index contributed by atoms with van der Waals surface area (Å²) in [6, 6.07) is 9.23. The van der Waals surface area contributed by atoms with E-state index in [1.165, 1.54) is 29.5 Å². The molecule has 1 saturated carbocycles. The van der Waals surface area contributed by atoms with E-state index in [1.54, 1.807) is 0 Å². The van der Waals surface area contributed by atoms with Crippen molar-refractivity contribution in [2.75, 3.05) is 31.2 Å². The number of hydrogen-bond acceptors (Lipinski definition) is 2. The number of rotatable bonds is 4. The standard InChI is InChI=1S/C17H20ClN3O/c18-17-14(11-19-12-5-6-12)16(21-7-9-22-10-8-21)13-3-1-2-4-15(13)20-17/h1-4,12,19H,5-11H2/p+2. The van der Waals surface area contributed by atoms with E-state index in [4.69, 9.17) is 16.3 Å². The van der Waals surface area contributed by atoms with Crippen LogP contribution in [0.1, 0.15) is 18.4 Å². The first-order valence-electron chi connectivity index (χ1n) is 8.11. The SMILES string of the molecule is Clc1[nH+]c2ccccc2c(N2CCOCC2)c1C[NH2+]C1CC1. The van der Waals surface area contributed by atoms with Gasteiger partial charge in [-0.25, -0.2) is 0 Å². The highest BCUT2D eigenvalue weighted by molar-refractivity contribution is 6.30. The minimum Gasteiger partial charge on any atom is -0.378 e. The number of halogens is 1. The van der Waals surface area contributed by atoms with E-state index in [0.717, 1.165) is 49.6 Å². The molecule has 0 unspecified atom stereocenters. The van der Waals surface area contributed by atoms with E-state index < -0.39 is 0 Å². The van der Waals surface area contributed by atoms with Gasteiger partial charge in [0, 0.05) is 32.0 Å². The van der Waals surface area contributed by atoms with Crippen molar-refractivity contribution in [1.82, 2.24) is 0 Å². The first-order valence-corrected chi connectivity index (χ1v) is 8.49. The number of nitrogens with one attached hydrogen (secondary N) is 1. The molecule has 0 atom stereocenters. The fourth-order valence-electron chi connectivity index (χ4n) is 3.21. The predicted molar refractivity (Wildman–Crippen MR) is 87.2 cm³/mol. The molecular weight excluding hydrogens is 298 g/mol. The molecule has 0 spiro atoms. The molecule has 22 heavy (non-hydrogen) atoms. The summed E-state index contributed by atoms with van der Waals surface area (Å²) in [6.45, 7) is 4.38. The molecule has 2 aliphatic rings. The van der Waals surface area contributed by atoms with Crippen molar-refractivity contribution in [1.29, 1.82) is 0 Å². The molecule has 5 heteroatoms. The van der Waals surface area contributed by atoms with Crippen molar-refractivity contribution < 1.29 is 15.0 Å². The summed E-state index contributed by atoms with van der Waals surface area (Å²) < 4.78 is 5.52. The molecule has 1 aromatic heterocycles. The molecule has 1 aliphatic carbocycles. The number of hydrogen-bond donors (Lipinski definition) is 1. The van der Waals surface area contributed by atoms with Gasteiger partial charge < -0.3 is 15.0 Å². The summed E-state index contributed by atoms with van der Waals surface area (Å²) in [5.74, 6) is 0. The Hall–Kier alpha value is -1.36. The Morgan fingerprint density at radius 3 is 2.77 bits per heavy atom. The quantitative estimate of drug-likeness (QED) is 0.865. The van der Waals surface area contributed by atoms with E-state index in [-0.39, 0.29) is 0 Å². The van der Waals surface area contributed by atoms with Crippen LogP contribution >= 0.6 is 11.6 Å². The molecule has 2 aromatic rings. The summed E-state index contributed by atoms with van der Waals surface area (Å²) in [4.78, 5) is 5.80. The van der Waals surface area contributed by atoms with Gasteiger partial charge in [0.05, 0.1) is 30.3 Å². The number of H-pyrrole nitrogens is 1. The van der Waals surface area contributed by atoms with Crippen LogP contribution in [0.5, 0.6) is 0 Å². The fourth-order valence-corrected chi connectivity index (χ4v) is 3.48.